The fourth-order valence-electron chi connectivity index (χ4n) is 1.10. The van der Waals surface area contributed by atoms with Crippen LogP contribution in [0, 0.1) is 0 Å². The Labute approximate surface area is 93.5 Å². The molecule has 0 bridgehead atoms. The summed E-state index contributed by atoms with van der Waals surface area (Å²) in [6, 6.07) is 19.4. The van der Waals surface area contributed by atoms with E-state index in [-0.39, 0.29) is 0 Å². The van der Waals surface area contributed by atoms with E-state index in [0.717, 1.165) is 11.4 Å². The molecule has 0 saturated heterocycles. The van der Waals surface area contributed by atoms with Gasteiger partial charge in [0.2, 0.25) is 0 Å². The van der Waals surface area contributed by atoms with E-state index in [2.05, 4.69) is 10.2 Å². The van der Waals surface area contributed by atoms with Crippen molar-refractivity contribution in [3.8, 4) is 0 Å². The fourth-order valence-corrected chi connectivity index (χ4v) is 1.10. The second kappa shape index (κ2) is 7.28. The quantitative estimate of drug-likeness (QED) is 0.450. The molecule has 0 aliphatic heterocycles. The van der Waals surface area contributed by atoms with Crippen molar-refractivity contribution < 1.29 is 10.5 Å². The van der Waals surface area contributed by atoms with Gasteiger partial charge in [-0.25, -0.2) is 0 Å². The molecule has 2 N–H and O–H groups in total. The van der Waals surface area contributed by atoms with Crippen molar-refractivity contribution in [1.29, 1.82) is 0 Å². The Balaban J connectivity index is 0.000000606. The summed E-state index contributed by atoms with van der Waals surface area (Å²) in [5, 5.41) is 20.2. The van der Waals surface area contributed by atoms with Crippen LogP contribution in [-0.4, -0.2) is 10.5 Å². The summed E-state index contributed by atoms with van der Waals surface area (Å²) in [5.74, 6) is 0. The molecular formula is C12H12N2O2. The largest absolute Gasteiger partial charge is 0.255 e. The number of azo groups is 1. The van der Waals surface area contributed by atoms with Crippen LogP contribution in [0.25, 0.3) is 0 Å². The Hall–Kier alpha value is -2.04. The topological polar surface area (TPSA) is 65.2 Å². The molecule has 0 aromatic heterocycles. The first-order valence-corrected chi connectivity index (χ1v) is 4.67. The molecule has 2 aromatic carbocycles. The molecular weight excluding hydrogens is 204 g/mol. The normalized spacial score (nSPS) is 9.62. The molecule has 0 atom stereocenters. The highest BCUT2D eigenvalue weighted by Gasteiger charge is 1.86. The average Bonchev–Trinajstić information content (AvgIpc) is 2.41. The zero-order valence-corrected chi connectivity index (χ0v) is 8.56. The molecule has 0 spiro atoms. The highest BCUT2D eigenvalue weighted by atomic mass is 17.0. The molecule has 2 aromatic rings. The van der Waals surface area contributed by atoms with Gasteiger partial charge in [-0.1, -0.05) is 36.4 Å². The first kappa shape index (κ1) is 12.0. The molecule has 4 nitrogen and oxygen atoms in total. The minimum Gasteiger partial charge on any atom is -0.255 e. The molecule has 0 saturated carbocycles. The Bertz CT molecular complexity index is 374. The van der Waals surface area contributed by atoms with Crippen molar-refractivity contribution in [3.63, 3.8) is 0 Å². The Morgan fingerprint density at radius 1 is 0.562 bits per heavy atom. The van der Waals surface area contributed by atoms with Gasteiger partial charge in [0.05, 0.1) is 11.4 Å². The summed E-state index contributed by atoms with van der Waals surface area (Å²) in [5.41, 5.74) is 1.74. The van der Waals surface area contributed by atoms with Crippen LogP contribution < -0.4 is 0 Å². The van der Waals surface area contributed by atoms with Crippen molar-refractivity contribution in [2.75, 3.05) is 0 Å². The fraction of sp³-hybridized carbons (Fsp3) is 0. The predicted molar refractivity (Wildman–Crippen MR) is 62.3 cm³/mol. The molecule has 0 amide bonds. The van der Waals surface area contributed by atoms with Gasteiger partial charge in [-0.15, -0.1) is 0 Å². The van der Waals surface area contributed by atoms with E-state index < -0.39 is 0 Å². The van der Waals surface area contributed by atoms with E-state index in [0.29, 0.717) is 0 Å². The number of nitrogens with zero attached hydrogens (tertiary/aromatic N) is 2. The van der Waals surface area contributed by atoms with E-state index in [9.17, 15) is 0 Å². The molecule has 82 valence electrons. The lowest BCUT2D eigenvalue weighted by molar-refractivity contribution is -0.176. The third-order valence-electron chi connectivity index (χ3n) is 1.79. The first-order valence-electron chi connectivity index (χ1n) is 4.67. The predicted octanol–water partition coefficient (Wildman–Crippen LogP) is 4.12. The molecule has 0 fully saturated rings. The van der Waals surface area contributed by atoms with Crippen LogP contribution in [-0.2, 0) is 0 Å². The highest BCUT2D eigenvalue weighted by Crippen LogP contribution is 2.16. The van der Waals surface area contributed by atoms with Crippen molar-refractivity contribution in [1.82, 2.24) is 0 Å². The van der Waals surface area contributed by atoms with E-state index >= 15 is 0 Å². The van der Waals surface area contributed by atoms with Gasteiger partial charge in [-0.05, 0) is 24.3 Å². The minimum atomic E-state index is 0.872. The first-order chi connectivity index (χ1) is 7.95. The Kier molecular flexibility index (Phi) is 5.47. The Morgan fingerprint density at radius 3 is 1.19 bits per heavy atom. The van der Waals surface area contributed by atoms with Gasteiger partial charge >= 0.3 is 0 Å². The lowest BCUT2D eigenvalue weighted by Crippen LogP contribution is -1.62. The monoisotopic (exact) mass is 216 g/mol. The molecule has 0 aliphatic carbocycles. The minimum absolute atomic E-state index is 0.872. The van der Waals surface area contributed by atoms with Crippen LogP contribution in [0.1, 0.15) is 0 Å². The van der Waals surface area contributed by atoms with Gasteiger partial charge in [0.1, 0.15) is 0 Å². The van der Waals surface area contributed by atoms with E-state index in [4.69, 9.17) is 10.5 Å². The van der Waals surface area contributed by atoms with Crippen LogP contribution in [0.4, 0.5) is 11.4 Å². The van der Waals surface area contributed by atoms with Gasteiger partial charge < -0.3 is 0 Å². The summed E-state index contributed by atoms with van der Waals surface area (Å²) in [4.78, 5) is 0. The second-order valence-corrected chi connectivity index (χ2v) is 2.87. The third kappa shape index (κ3) is 4.00. The lowest BCUT2D eigenvalue weighted by atomic mass is 10.3. The molecule has 2 rings (SSSR count). The summed E-state index contributed by atoms with van der Waals surface area (Å²) < 4.78 is 0. The molecule has 0 unspecified atom stereocenters. The van der Waals surface area contributed by atoms with Crippen LogP contribution in [0.2, 0.25) is 0 Å². The lowest BCUT2D eigenvalue weighted by Gasteiger charge is -1.91. The van der Waals surface area contributed by atoms with Crippen molar-refractivity contribution in [2.45, 2.75) is 0 Å². The molecule has 0 aliphatic rings. The molecule has 0 radical (unpaired) electrons. The maximum Gasteiger partial charge on any atom is 0.0857 e. The van der Waals surface area contributed by atoms with E-state index in [1.807, 2.05) is 60.7 Å². The van der Waals surface area contributed by atoms with Crippen molar-refractivity contribution in [3.05, 3.63) is 60.7 Å². The van der Waals surface area contributed by atoms with Gasteiger partial charge in [0.15, 0.2) is 0 Å². The molecule has 4 heteroatoms. The average molecular weight is 216 g/mol. The second-order valence-electron chi connectivity index (χ2n) is 2.87. The number of rotatable bonds is 2. The van der Waals surface area contributed by atoms with Gasteiger partial charge in [-0.3, -0.25) is 10.5 Å². The number of hydrogen-bond acceptors (Lipinski definition) is 4. The number of hydrogen-bond donors (Lipinski definition) is 2. The maximum atomic E-state index is 6.00. The molecule has 0 heterocycles. The van der Waals surface area contributed by atoms with Crippen LogP contribution >= 0.6 is 0 Å². The van der Waals surface area contributed by atoms with Crippen molar-refractivity contribution in [2.24, 2.45) is 10.2 Å². The third-order valence-corrected chi connectivity index (χ3v) is 1.79. The Morgan fingerprint density at radius 2 is 0.875 bits per heavy atom. The standard InChI is InChI=1S/C12H10N2.H2O2/c1-3-7-11(8-4-1)13-14-12-9-5-2-6-10-12;1-2/h1-10H;1-2H/b14-13+;. The number of benzene rings is 2. The summed E-state index contributed by atoms with van der Waals surface area (Å²) >= 11 is 0. The smallest absolute Gasteiger partial charge is 0.0857 e. The van der Waals surface area contributed by atoms with Crippen LogP contribution in [0.5, 0.6) is 0 Å². The summed E-state index contributed by atoms with van der Waals surface area (Å²) in [6.45, 7) is 0. The zero-order chi connectivity index (χ0) is 11.6. The van der Waals surface area contributed by atoms with Crippen LogP contribution in [0.3, 0.4) is 0 Å². The van der Waals surface area contributed by atoms with Gasteiger partial charge in [-0.2, -0.15) is 10.2 Å². The zero-order valence-electron chi connectivity index (χ0n) is 8.56. The van der Waals surface area contributed by atoms with Crippen LogP contribution in [0.15, 0.2) is 70.9 Å². The highest BCUT2D eigenvalue weighted by molar-refractivity contribution is 5.39. The van der Waals surface area contributed by atoms with E-state index in [1.165, 1.54) is 0 Å². The van der Waals surface area contributed by atoms with Crippen molar-refractivity contribution >= 4 is 11.4 Å². The SMILES string of the molecule is OO.c1ccc(/N=N/c2ccccc2)cc1. The van der Waals surface area contributed by atoms with E-state index in [1.54, 1.807) is 0 Å². The summed E-state index contributed by atoms with van der Waals surface area (Å²) in [6.07, 6.45) is 0. The molecule has 16 heavy (non-hydrogen) atoms. The van der Waals surface area contributed by atoms with Gasteiger partial charge in [0.25, 0.3) is 0 Å². The van der Waals surface area contributed by atoms with Gasteiger partial charge in [0, 0.05) is 0 Å². The maximum absolute atomic E-state index is 6.00. The summed E-state index contributed by atoms with van der Waals surface area (Å²) in [7, 11) is 0.